The van der Waals surface area contributed by atoms with Crippen LogP contribution in [-0.4, -0.2) is 17.1 Å². The molecule has 1 aromatic carbocycles. The quantitative estimate of drug-likeness (QED) is 0.786. The van der Waals surface area contributed by atoms with Gasteiger partial charge in [-0.05, 0) is 18.2 Å². The number of benzene rings is 1. The van der Waals surface area contributed by atoms with E-state index in [-0.39, 0.29) is 11.5 Å². The number of H-pyrrole nitrogens is 2. The van der Waals surface area contributed by atoms with Crippen LogP contribution >= 0.6 is 0 Å². The highest BCUT2D eigenvalue weighted by molar-refractivity contribution is 5.66. The van der Waals surface area contributed by atoms with Crippen LogP contribution < -0.4 is 10.4 Å². The SMILES string of the molecule is COc1ccc(F)cc1-c1c[nH]c(=O)[nH]1. The summed E-state index contributed by atoms with van der Waals surface area (Å²) in [5.41, 5.74) is 0.670. The van der Waals surface area contributed by atoms with Gasteiger partial charge in [0.05, 0.1) is 12.8 Å². The summed E-state index contributed by atoms with van der Waals surface area (Å²) in [5.74, 6) is 0.125. The predicted molar refractivity (Wildman–Crippen MR) is 53.4 cm³/mol. The van der Waals surface area contributed by atoms with E-state index in [1.165, 1.54) is 31.5 Å². The van der Waals surface area contributed by atoms with E-state index < -0.39 is 0 Å². The topological polar surface area (TPSA) is 57.9 Å². The van der Waals surface area contributed by atoms with Gasteiger partial charge in [-0.3, -0.25) is 0 Å². The maximum absolute atomic E-state index is 13.0. The first kappa shape index (κ1) is 9.51. The smallest absolute Gasteiger partial charge is 0.323 e. The van der Waals surface area contributed by atoms with Crippen molar-refractivity contribution < 1.29 is 9.13 Å². The summed E-state index contributed by atoms with van der Waals surface area (Å²) in [5, 5.41) is 0. The van der Waals surface area contributed by atoms with E-state index in [4.69, 9.17) is 4.74 Å². The van der Waals surface area contributed by atoms with Gasteiger partial charge < -0.3 is 14.7 Å². The van der Waals surface area contributed by atoms with Gasteiger partial charge in [0.2, 0.25) is 0 Å². The molecule has 1 heterocycles. The lowest BCUT2D eigenvalue weighted by Gasteiger charge is -2.05. The zero-order valence-corrected chi connectivity index (χ0v) is 8.00. The van der Waals surface area contributed by atoms with E-state index in [1.54, 1.807) is 0 Å². The van der Waals surface area contributed by atoms with Crippen molar-refractivity contribution in [1.29, 1.82) is 0 Å². The largest absolute Gasteiger partial charge is 0.496 e. The molecule has 4 nitrogen and oxygen atoms in total. The average Bonchev–Trinajstić information content (AvgIpc) is 2.65. The van der Waals surface area contributed by atoms with Crippen molar-refractivity contribution in [2.75, 3.05) is 7.11 Å². The molecule has 0 atom stereocenters. The molecule has 2 N–H and O–H groups in total. The first-order valence-corrected chi connectivity index (χ1v) is 4.32. The highest BCUT2D eigenvalue weighted by Crippen LogP contribution is 2.28. The number of hydrogen-bond donors (Lipinski definition) is 2. The van der Waals surface area contributed by atoms with Crippen LogP contribution in [0.2, 0.25) is 0 Å². The minimum Gasteiger partial charge on any atom is -0.496 e. The van der Waals surface area contributed by atoms with Gasteiger partial charge in [0.15, 0.2) is 0 Å². The van der Waals surface area contributed by atoms with Crippen LogP contribution in [0.4, 0.5) is 4.39 Å². The van der Waals surface area contributed by atoms with Crippen molar-refractivity contribution in [2.24, 2.45) is 0 Å². The molecule has 0 radical (unpaired) electrons. The summed E-state index contributed by atoms with van der Waals surface area (Å²) < 4.78 is 18.1. The number of aromatic amines is 2. The third-order valence-corrected chi connectivity index (χ3v) is 2.05. The Hall–Kier alpha value is -2.04. The van der Waals surface area contributed by atoms with Crippen LogP contribution in [0.15, 0.2) is 29.2 Å². The third kappa shape index (κ3) is 1.76. The molecule has 0 unspecified atom stereocenters. The predicted octanol–water partition coefficient (Wildman–Crippen LogP) is 1.52. The molecular formula is C10H9FN2O2. The minimum atomic E-state index is -0.382. The number of imidazole rings is 1. The van der Waals surface area contributed by atoms with E-state index in [2.05, 4.69) is 9.97 Å². The van der Waals surface area contributed by atoms with Crippen LogP contribution in [0, 0.1) is 5.82 Å². The Kier molecular flexibility index (Phi) is 2.29. The lowest BCUT2D eigenvalue weighted by molar-refractivity contribution is 0.415. The molecule has 0 spiro atoms. The summed E-state index contributed by atoms with van der Waals surface area (Å²) in [7, 11) is 1.49. The molecule has 0 amide bonds. The Morgan fingerprint density at radius 1 is 1.40 bits per heavy atom. The Balaban J connectivity index is 2.59. The molecule has 78 valence electrons. The highest BCUT2D eigenvalue weighted by atomic mass is 19.1. The zero-order valence-electron chi connectivity index (χ0n) is 8.00. The first-order valence-electron chi connectivity index (χ1n) is 4.32. The van der Waals surface area contributed by atoms with Gasteiger partial charge in [-0.25, -0.2) is 9.18 Å². The third-order valence-electron chi connectivity index (χ3n) is 2.05. The van der Waals surface area contributed by atoms with Gasteiger partial charge in [0.1, 0.15) is 11.6 Å². The second-order valence-electron chi connectivity index (χ2n) is 3.00. The molecule has 1 aromatic heterocycles. The molecule has 2 rings (SSSR count). The highest BCUT2D eigenvalue weighted by Gasteiger charge is 2.08. The standard InChI is InChI=1S/C10H9FN2O2/c1-15-9-3-2-6(11)4-7(9)8-5-12-10(14)13-8/h2-5H,1H3,(H2,12,13,14). The normalized spacial score (nSPS) is 10.3. The van der Waals surface area contributed by atoms with Crippen molar-refractivity contribution in [3.05, 3.63) is 40.7 Å². The summed E-state index contributed by atoms with van der Waals surface area (Å²) in [6.07, 6.45) is 1.47. The van der Waals surface area contributed by atoms with E-state index in [0.717, 1.165) is 0 Å². The number of aromatic nitrogens is 2. The molecule has 0 aliphatic heterocycles. The van der Waals surface area contributed by atoms with Gasteiger partial charge in [0.25, 0.3) is 0 Å². The maximum Gasteiger partial charge on any atom is 0.323 e. The van der Waals surface area contributed by atoms with E-state index in [9.17, 15) is 9.18 Å². The Labute approximate surface area is 84.7 Å². The number of methoxy groups -OCH3 is 1. The fourth-order valence-corrected chi connectivity index (χ4v) is 1.37. The summed E-state index contributed by atoms with van der Waals surface area (Å²) in [6.45, 7) is 0. The van der Waals surface area contributed by atoms with Crippen LogP contribution in [0.1, 0.15) is 0 Å². The van der Waals surface area contributed by atoms with Crippen molar-refractivity contribution in [3.8, 4) is 17.0 Å². The minimum absolute atomic E-state index is 0.337. The Morgan fingerprint density at radius 2 is 2.20 bits per heavy atom. The number of ether oxygens (including phenoxy) is 1. The molecule has 2 aromatic rings. The van der Waals surface area contributed by atoms with Gasteiger partial charge in [0, 0.05) is 11.8 Å². The first-order chi connectivity index (χ1) is 7.20. The van der Waals surface area contributed by atoms with Gasteiger partial charge >= 0.3 is 5.69 Å². The summed E-state index contributed by atoms with van der Waals surface area (Å²) in [4.78, 5) is 15.9. The fourth-order valence-electron chi connectivity index (χ4n) is 1.37. The van der Waals surface area contributed by atoms with Crippen LogP contribution in [0.25, 0.3) is 11.3 Å². The van der Waals surface area contributed by atoms with E-state index in [0.29, 0.717) is 17.0 Å². The van der Waals surface area contributed by atoms with Crippen molar-refractivity contribution >= 4 is 0 Å². The van der Waals surface area contributed by atoms with Crippen molar-refractivity contribution in [1.82, 2.24) is 9.97 Å². The lowest BCUT2D eigenvalue weighted by Crippen LogP contribution is -2.00. The summed E-state index contributed by atoms with van der Waals surface area (Å²) in [6, 6.07) is 4.11. The molecule has 0 saturated heterocycles. The number of halogens is 1. The molecule has 0 saturated carbocycles. The van der Waals surface area contributed by atoms with E-state index >= 15 is 0 Å². The molecule has 0 fully saturated rings. The summed E-state index contributed by atoms with van der Waals surface area (Å²) >= 11 is 0. The van der Waals surface area contributed by atoms with Gasteiger partial charge in [-0.2, -0.15) is 0 Å². The number of rotatable bonds is 2. The number of hydrogen-bond acceptors (Lipinski definition) is 2. The monoisotopic (exact) mass is 208 g/mol. The van der Waals surface area contributed by atoms with Crippen LogP contribution in [0.3, 0.4) is 0 Å². The molecular weight excluding hydrogens is 199 g/mol. The van der Waals surface area contributed by atoms with Crippen molar-refractivity contribution in [3.63, 3.8) is 0 Å². The zero-order chi connectivity index (χ0) is 10.8. The second-order valence-corrected chi connectivity index (χ2v) is 3.00. The fraction of sp³-hybridized carbons (Fsp3) is 0.100. The molecule has 0 aliphatic rings. The number of nitrogens with one attached hydrogen (secondary N) is 2. The lowest BCUT2D eigenvalue weighted by atomic mass is 10.1. The average molecular weight is 208 g/mol. The Morgan fingerprint density at radius 3 is 2.80 bits per heavy atom. The van der Waals surface area contributed by atoms with Gasteiger partial charge in [-0.1, -0.05) is 0 Å². The van der Waals surface area contributed by atoms with Crippen molar-refractivity contribution in [2.45, 2.75) is 0 Å². The Bertz CT molecular complexity index is 530. The second kappa shape index (κ2) is 3.61. The molecule has 0 aliphatic carbocycles. The maximum atomic E-state index is 13.0. The van der Waals surface area contributed by atoms with E-state index in [1.807, 2.05) is 0 Å². The molecule has 15 heavy (non-hydrogen) atoms. The van der Waals surface area contributed by atoms with Crippen LogP contribution in [-0.2, 0) is 0 Å². The van der Waals surface area contributed by atoms with Crippen LogP contribution in [0.5, 0.6) is 5.75 Å². The van der Waals surface area contributed by atoms with Gasteiger partial charge in [-0.15, -0.1) is 0 Å². The molecule has 5 heteroatoms. The molecule has 0 bridgehead atoms.